The predicted octanol–water partition coefficient (Wildman–Crippen LogP) is 4.25. The molecular weight excluding hydrogens is 302 g/mol. The molecule has 0 aliphatic heterocycles. The van der Waals surface area contributed by atoms with Crippen LogP contribution in [0.25, 0.3) is 0 Å². The largest absolute Gasteiger partial charge is 0.326 e. The lowest BCUT2D eigenvalue weighted by Gasteiger charge is -2.08. The highest BCUT2D eigenvalue weighted by Crippen LogP contribution is 2.15. The van der Waals surface area contributed by atoms with E-state index in [0.29, 0.717) is 6.42 Å². The van der Waals surface area contributed by atoms with Crippen LogP contribution in [0.1, 0.15) is 16.7 Å². The van der Waals surface area contributed by atoms with E-state index >= 15 is 0 Å². The molecule has 0 saturated carbocycles. The van der Waals surface area contributed by atoms with E-state index in [-0.39, 0.29) is 5.91 Å². The molecule has 0 atom stereocenters. The van der Waals surface area contributed by atoms with E-state index in [1.54, 1.807) is 0 Å². The summed E-state index contributed by atoms with van der Waals surface area (Å²) in [6.45, 7) is 4.09. The summed E-state index contributed by atoms with van der Waals surface area (Å²) in [5.41, 5.74) is 4.26. The minimum Gasteiger partial charge on any atom is -0.326 e. The van der Waals surface area contributed by atoms with E-state index in [1.807, 2.05) is 43.3 Å². The Labute approximate surface area is 122 Å². The lowest BCUT2D eigenvalue weighted by molar-refractivity contribution is -0.115. The fourth-order valence-corrected chi connectivity index (χ4v) is 2.22. The number of carbonyl (C=O) groups excluding carboxylic acids is 1. The molecule has 0 fully saturated rings. The molecule has 0 aromatic heterocycles. The van der Waals surface area contributed by atoms with Gasteiger partial charge in [-0.3, -0.25) is 4.79 Å². The van der Waals surface area contributed by atoms with Crippen LogP contribution in [0.4, 0.5) is 5.69 Å². The summed E-state index contributed by atoms with van der Waals surface area (Å²) < 4.78 is 1.000. The van der Waals surface area contributed by atoms with E-state index in [9.17, 15) is 4.79 Å². The highest BCUT2D eigenvalue weighted by atomic mass is 79.9. The minimum absolute atomic E-state index is 0.00859. The van der Waals surface area contributed by atoms with Gasteiger partial charge in [0.1, 0.15) is 0 Å². The number of benzene rings is 2. The Morgan fingerprint density at radius 2 is 1.79 bits per heavy atom. The van der Waals surface area contributed by atoms with E-state index in [0.717, 1.165) is 21.3 Å². The molecule has 2 aromatic rings. The maximum Gasteiger partial charge on any atom is 0.228 e. The number of anilines is 1. The number of aryl methyl sites for hydroxylation is 2. The van der Waals surface area contributed by atoms with Gasteiger partial charge in [0.2, 0.25) is 5.91 Å². The topological polar surface area (TPSA) is 29.1 Å². The first-order chi connectivity index (χ1) is 9.04. The summed E-state index contributed by atoms with van der Waals surface area (Å²) in [5, 5.41) is 2.90. The zero-order valence-electron chi connectivity index (χ0n) is 11.0. The highest BCUT2D eigenvalue weighted by molar-refractivity contribution is 9.10. The van der Waals surface area contributed by atoms with Crippen molar-refractivity contribution in [3.8, 4) is 0 Å². The summed E-state index contributed by atoms with van der Waals surface area (Å²) in [5.74, 6) is 0.00859. The monoisotopic (exact) mass is 317 g/mol. The maximum absolute atomic E-state index is 12.0. The first-order valence-corrected chi connectivity index (χ1v) is 6.95. The molecule has 0 heterocycles. The van der Waals surface area contributed by atoms with Gasteiger partial charge in [0.25, 0.3) is 0 Å². The minimum atomic E-state index is 0.00859. The molecular formula is C16H16BrNO. The van der Waals surface area contributed by atoms with Gasteiger partial charge in [-0.25, -0.2) is 0 Å². The smallest absolute Gasteiger partial charge is 0.228 e. The number of hydrogen-bond donors (Lipinski definition) is 1. The van der Waals surface area contributed by atoms with Crippen molar-refractivity contribution in [1.29, 1.82) is 0 Å². The van der Waals surface area contributed by atoms with Gasteiger partial charge in [-0.1, -0.05) is 39.7 Å². The fraction of sp³-hybridized carbons (Fsp3) is 0.188. The van der Waals surface area contributed by atoms with E-state index in [2.05, 4.69) is 34.2 Å². The second kappa shape index (κ2) is 6.02. The Hall–Kier alpha value is -1.61. The quantitative estimate of drug-likeness (QED) is 0.901. The van der Waals surface area contributed by atoms with E-state index in [1.165, 1.54) is 5.56 Å². The van der Waals surface area contributed by atoms with Crippen LogP contribution >= 0.6 is 15.9 Å². The third-order valence-electron chi connectivity index (χ3n) is 2.98. The molecule has 2 aromatic carbocycles. The standard InChI is InChI=1S/C16H16BrNO/c1-11-3-4-13(12(2)9-11)10-16(19)18-15-7-5-14(17)6-8-15/h3-9H,10H2,1-2H3,(H,18,19). The molecule has 2 rings (SSSR count). The van der Waals surface area contributed by atoms with Gasteiger partial charge >= 0.3 is 0 Å². The van der Waals surface area contributed by atoms with Crippen LogP contribution in [-0.2, 0) is 11.2 Å². The number of hydrogen-bond acceptors (Lipinski definition) is 1. The third-order valence-corrected chi connectivity index (χ3v) is 3.51. The summed E-state index contributed by atoms with van der Waals surface area (Å²) in [7, 11) is 0. The molecule has 1 amide bonds. The van der Waals surface area contributed by atoms with E-state index < -0.39 is 0 Å². The average molecular weight is 318 g/mol. The molecule has 3 heteroatoms. The Balaban J connectivity index is 2.03. The molecule has 1 N–H and O–H groups in total. The first kappa shape index (κ1) is 13.8. The molecule has 19 heavy (non-hydrogen) atoms. The Morgan fingerprint density at radius 1 is 1.11 bits per heavy atom. The zero-order chi connectivity index (χ0) is 13.8. The van der Waals surface area contributed by atoms with Crippen LogP contribution in [-0.4, -0.2) is 5.91 Å². The molecule has 0 bridgehead atoms. The maximum atomic E-state index is 12.0. The van der Waals surface area contributed by atoms with Crippen LogP contribution in [0.15, 0.2) is 46.9 Å². The summed E-state index contributed by atoms with van der Waals surface area (Å²) in [6, 6.07) is 13.7. The number of halogens is 1. The van der Waals surface area contributed by atoms with Gasteiger partial charge < -0.3 is 5.32 Å². The fourth-order valence-electron chi connectivity index (χ4n) is 1.96. The van der Waals surface area contributed by atoms with Crippen molar-refractivity contribution in [2.75, 3.05) is 5.32 Å². The average Bonchev–Trinajstić information content (AvgIpc) is 2.36. The SMILES string of the molecule is Cc1ccc(CC(=O)Nc2ccc(Br)cc2)c(C)c1. The van der Waals surface area contributed by atoms with Crippen molar-refractivity contribution in [2.45, 2.75) is 20.3 Å². The lowest BCUT2D eigenvalue weighted by atomic mass is 10.0. The van der Waals surface area contributed by atoms with Gasteiger partial charge in [-0.05, 0) is 49.2 Å². The Kier molecular flexibility index (Phi) is 4.38. The van der Waals surface area contributed by atoms with Crippen molar-refractivity contribution in [3.05, 3.63) is 63.6 Å². The van der Waals surface area contributed by atoms with Crippen LogP contribution in [0.3, 0.4) is 0 Å². The Morgan fingerprint density at radius 3 is 2.42 bits per heavy atom. The Bertz CT molecular complexity index is 590. The van der Waals surface area contributed by atoms with Gasteiger partial charge in [0, 0.05) is 10.2 Å². The van der Waals surface area contributed by atoms with Crippen LogP contribution < -0.4 is 5.32 Å². The third kappa shape index (κ3) is 3.93. The number of nitrogens with one attached hydrogen (secondary N) is 1. The molecule has 0 saturated heterocycles. The second-order valence-corrected chi connectivity index (χ2v) is 5.58. The highest BCUT2D eigenvalue weighted by Gasteiger charge is 2.06. The molecule has 2 nitrogen and oxygen atoms in total. The van der Waals surface area contributed by atoms with Crippen molar-refractivity contribution in [1.82, 2.24) is 0 Å². The zero-order valence-corrected chi connectivity index (χ0v) is 12.6. The van der Waals surface area contributed by atoms with Crippen molar-refractivity contribution in [3.63, 3.8) is 0 Å². The van der Waals surface area contributed by atoms with Gasteiger partial charge in [-0.2, -0.15) is 0 Å². The summed E-state index contributed by atoms with van der Waals surface area (Å²) in [4.78, 5) is 12.0. The molecule has 0 spiro atoms. The van der Waals surface area contributed by atoms with Crippen LogP contribution in [0.5, 0.6) is 0 Å². The molecule has 98 valence electrons. The normalized spacial score (nSPS) is 10.3. The molecule has 0 radical (unpaired) electrons. The summed E-state index contributed by atoms with van der Waals surface area (Å²) >= 11 is 3.37. The van der Waals surface area contributed by atoms with Gasteiger partial charge in [-0.15, -0.1) is 0 Å². The molecule has 0 aliphatic rings. The lowest BCUT2D eigenvalue weighted by Crippen LogP contribution is -2.15. The van der Waals surface area contributed by atoms with Crippen LogP contribution in [0.2, 0.25) is 0 Å². The molecule has 0 unspecified atom stereocenters. The number of amides is 1. The van der Waals surface area contributed by atoms with Crippen molar-refractivity contribution >= 4 is 27.5 Å². The number of carbonyl (C=O) groups is 1. The number of rotatable bonds is 3. The van der Waals surface area contributed by atoms with Gasteiger partial charge in [0.15, 0.2) is 0 Å². The molecule has 0 aliphatic carbocycles. The van der Waals surface area contributed by atoms with Crippen molar-refractivity contribution in [2.24, 2.45) is 0 Å². The summed E-state index contributed by atoms with van der Waals surface area (Å²) in [6.07, 6.45) is 0.405. The second-order valence-electron chi connectivity index (χ2n) is 4.66. The van der Waals surface area contributed by atoms with Gasteiger partial charge in [0.05, 0.1) is 6.42 Å². The van der Waals surface area contributed by atoms with Crippen LogP contribution in [0, 0.1) is 13.8 Å². The van der Waals surface area contributed by atoms with Crippen molar-refractivity contribution < 1.29 is 4.79 Å². The predicted molar refractivity (Wildman–Crippen MR) is 82.4 cm³/mol. The first-order valence-electron chi connectivity index (χ1n) is 6.16. The van der Waals surface area contributed by atoms with E-state index in [4.69, 9.17) is 0 Å².